The largest absolute Gasteiger partial charge is 0.493 e. The van der Waals surface area contributed by atoms with Gasteiger partial charge in [-0.05, 0) is 42.0 Å². The molecule has 0 aliphatic carbocycles. The molecule has 0 saturated carbocycles. The summed E-state index contributed by atoms with van der Waals surface area (Å²) in [5.41, 5.74) is 2.13. The van der Waals surface area contributed by atoms with Gasteiger partial charge in [-0.1, -0.05) is 42.5 Å². The summed E-state index contributed by atoms with van der Waals surface area (Å²) in [5.74, 6) is 0.574. The third-order valence-electron chi connectivity index (χ3n) is 4.15. The molecule has 2 amide bonds. The number of amides is 2. The summed E-state index contributed by atoms with van der Waals surface area (Å²) in [4.78, 5) is 24.3. The molecule has 0 radical (unpaired) electrons. The number of para-hydroxylation sites is 2. The van der Waals surface area contributed by atoms with E-state index in [4.69, 9.17) is 9.47 Å². The maximum atomic E-state index is 12.2. The summed E-state index contributed by atoms with van der Waals surface area (Å²) >= 11 is 0. The van der Waals surface area contributed by atoms with Gasteiger partial charge in [-0.2, -0.15) is 0 Å². The zero-order chi connectivity index (χ0) is 20.5. The average Bonchev–Trinajstić information content (AvgIpc) is 2.77. The van der Waals surface area contributed by atoms with Gasteiger partial charge in [-0.25, -0.2) is 0 Å². The molecule has 0 bridgehead atoms. The molecule has 0 heterocycles. The lowest BCUT2D eigenvalue weighted by atomic mass is 10.1. The molecule has 0 aliphatic heterocycles. The molecule has 0 aromatic heterocycles. The lowest BCUT2D eigenvalue weighted by molar-refractivity contribution is -0.118. The van der Waals surface area contributed by atoms with E-state index in [0.29, 0.717) is 29.3 Å². The first kappa shape index (κ1) is 19.9. The Kier molecular flexibility index (Phi) is 6.84. The third-order valence-corrected chi connectivity index (χ3v) is 4.15. The molecule has 3 aromatic rings. The van der Waals surface area contributed by atoms with E-state index in [0.717, 1.165) is 5.56 Å². The molecule has 0 fully saturated rings. The van der Waals surface area contributed by atoms with Crippen molar-refractivity contribution in [3.05, 3.63) is 90.0 Å². The molecule has 2 N–H and O–H groups in total. The number of anilines is 1. The molecule has 6 heteroatoms. The van der Waals surface area contributed by atoms with Crippen molar-refractivity contribution in [2.75, 3.05) is 19.0 Å². The lowest BCUT2D eigenvalue weighted by Crippen LogP contribution is -2.23. The monoisotopic (exact) mass is 390 g/mol. The van der Waals surface area contributed by atoms with Crippen LogP contribution in [0.5, 0.6) is 11.5 Å². The van der Waals surface area contributed by atoms with Crippen molar-refractivity contribution in [1.29, 1.82) is 0 Å². The number of benzene rings is 3. The second kappa shape index (κ2) is 9.94. The molecule has 6 nitrogen and oxygen atoms in total. The topological polar surface area (TPSA) is 76.7 Å². The van der Waals surface area contributed by atoms with Gasteiger partial charge in [0.05, 0.1) is 7.11 Å². The Morgan fingerprint density at radius 3 is 2.17 bits per heavy atom. The quantitative estimate of drug-likeness (QED) is 0.616. The highest BCUT2D eigenvalue weighted by Gasteiger charge is 2.09. The fourth-order valence-corrected chi connectivity index (χ4v) is 2.66. The first-order chi connectivity index (χ1) is 14.2. The summed E-state index contributed by atoms with van der Waals surface area (Å²) in [5, 5.41) is 5.60. The van der Waals surface area contributed by atoms with Crippen molar-refractivity contribution >= 4 is 17.5 Å². The molecule has 0 saturated heterocycles. The second-order valence-electron chi connectivity index (χ2n) is 6.23. The van der Waals surface area contributed by atoms with Crippen LogP contribution in [-0.4, -0.2) is 25.5 Å². The molecular formula is C23H22N2O4. The van der Waals surface area contributed by atoms with Crippen LogP contribution in [-0.2, 0) is 11.3 Å². The highest BCUT2D eigenvalue weighted by Crippen LogP contribution is 2.25. The number of hydrogen-bond acceptors (Lipinski definition) is 4. The lowest BCUT2D eigenvalue weighted by Gasteiger charge is -2.11. The Morgan fingerprint density at radius 2 is 1.48 bits per heavy atom. The van der Waals surface area contributed by atoms with E-state index in [1.165, 1.54) is 0 Å². The van der Waals surface area contributed by atoms with Crippen LogP contribution in [0.25, 0.3) is 0 Å². The fraction of sp³-hybridized carbons (Fsp3) is 0.130. The minimum atomic E-state index is -0.308. The van der Waals surface area contributed by atoms with Crippen molar-refractivity contribution in [3.63, 3.8) is 0 Å². The van der Waals surface area contributed by atoms with Gasteiger partial charge in [0, 0.05) is 17.8 Å². The minimum absolute atomic E-state index is 0.153. The summed E-state index contributed by atoms with van der Waals surface area (Å²) in [7, 11) is 1.54. The van der Waals surface area contributed by atoms with Crippen molar-refractivity contribution < 1.29 is 19.1 Å². The van der Waals surface area contributed by atoms with E-state index in [1.807, 2.05) is 36.4 Å². The molecule has 29 heavy (non-hydrogen) atoms. The molecule has 3 aromatic carbocycles. The first-order valence-corrected chi connectivity index (χ1v) is 9.13. The predicted molar refractivity (Wildman–Crippen MR) is 111 cm³/mol. The highest BCUT2D eigenvalue weighted by atomic mass is 16.5. The van der Waals surface area contributed by atoms with Crippen LogP contribution in [0.15, 0.2) is 78.9 Å². The van der Waals surface area contributed by atoms with Crippen molar-refractivity contribution in [1.82, 2.24) is 5.32 Å². The number of ether oxygens (including phenoxy) is 2. The van der Waals surface area contributed by atoms with Gasteiger partial charge in [-0.3, -0.25) is 9.59 Å². The summed E-state index contributed by atoms with van der Waals surface area (Å²) < 4.78 is 10.7. The molecule has 0 aliphatic rings. The fourth-order valence-electron chi connectivity index (χ4n) is 2.66. The first-order valence-electron chi connectivity index (χ1n) is 9.13. The van der Waals surface area contributed by atoms with Crippen LogP contribution in [0.1, 0.15) is 15.9 Å². The smallest absolute Gasteiger partial charge is 0.262 e. The Morgan fingerprint density at radius 1 is 0.828 bits per heavy atom. The Balaban J connectivity index is 1.49. The normalized spacial score (nSPS) is 10.1. The number of nitrogens with one attached hydrogen (secondary N) is 2. The zero-order valence-corrected chi connectivity index (χ0v) is 16.1. The predicted octanol–water partition coefficient (Wildman–Crippen LogP) is 3.64. The number of carbonyl (C=O) groups excluding carboxylic acids is 2. The minimum Gasteiger partial charge on any atom is -0.493 e. The van der Waals surface area contributed by atoms with E-state index >= 15 is 0 Å². The van der Waals surface area contributed by atoms with Crippen LogP contribution in [0.4, 0.5) is 5.69 Å². The summed E-state index contributed by atoms with van der Waals surface area (Å²) in [6.07, 6.45) is 0. The molecule has 148 valence electrons. The van der Waals surface area contributed by atoms with E-state index in [-0.39, 0.29) is 18.4 Å². The van der Waals surface area contributed by atoms with Gasteiger partial charge in [0.2, 0.25) is 0 Å². The Labute approximate surface area is 169 Å². The SMILES string of the molecule is COc1ccccc1OCC(=O)Nc1ccc(C(=O)NCc2ccccc2)cc1. The maximum absolute atomic E-state index is 12.2. The van der Waals surface area contributed by atoms with Gasteiger partial charge >= 0.3 is 0 Å². The van der Waals surface area contributed by atoms with E-state index in [1.54, 1.807) is 49.6 Å². The number of rotatable bonds is 8. The van der Waals surface area contributed by atoms with Crippen LogP contribution >= 0.6 is 0 Å². The number of hydrogen-bond donors (Lipinski definition) is 2. The average molecular weight is 390 g/mol. The highest BCUT2D eigenvalue weighted by molar-refractivity contribution is 5.96. The molecular weight excluding hydrogens is 368 g/mol. The van der Waals surface area contributed by atoms with Crippen LogP contribution in [0.3, 0.4) is 0 Å². The van der Waals surface area contributed by atoms with E-state index in [9.17, 15) is 9.59 Å². The third kappa shape index (κ3) is 5.84. The van der Waals surface area contributed by atoms with E-state index < -0.39 is 0 Å². The van der Waals surface area contributed by atoms with E-state index in [2.05, 4.69) is 10.6 Å². The van der Waals surface area contributed by atoms with Crippen LogP contribution in [0.2, 0.25) is 0 Å². The van der Waals surface area contributed by atoms with Gasteiger partial charge in [0.15, 0.2) is 18.1 Å². The van der Waals surface area contributed by atoms with Crippen LogP contribution < -0.4 is 20.1 Å². The Hall–Kier alpha value is -3.80. The molecule has 3 rings (SSSR count). The maximum Gasteiger partial charge on any atom is 0.262 e. The Bertz CT molecular complexity index is 956. The number of carbonyl (C=O) groups is 2. The van der Waals surface area contributed by atoms with Crippen molar-refractivity contribution in [2.24, 2.45) is 0 Å². The molecule has 0 spiro atoms. The summed E-state index contributed by atoms with van der Waals surface area (Å²) in [6, 6.07) is 23.5. The number of methoxy groups -OCH3 is 1. The van der Waals surface area contributed by atoms with Gasteiger partial charge in [-0.15, -0.1) is 0 Å². The molecule has 0 unspecified atom stereocenters. The van der Waals surface area contributed by atoms with Gasteiger partial charge in [0.1, 0.15) is 0 Å². The van der Waals surface area contributed by atoms with Gasteiger partial charge < -0.3 is 20.1 Å². The van der Waals surface area contributed by atoms with Crippen LogP contribution in [0, 0.1) is 0 Å². The van der Waals surface area contributed by atoms with Gasteiger partial charge in [0.25, 0.3) is 11.8 Å². The van der Waals surface area contributed by atoms with Crippen molar-refractivity contribution in [2.45, 2.75) is 6.54 Å². The standard InChI is InChI=1S/C23H22N2O4/c1-28-20-9-5-6-10-21(20)29-16-22(26)25-19-13-11-18(12-14-19)23(27)24-15-17-7-3-2-4-8-17/h2-14H,15-16H2,1H3,(H,24,27)(H,25,26). The summed E-state index contributed by atoms with van der Waals surface area (Å²) in [6.45, 7) is 0.304. The zero-order valence-electron chi connectivity index (χ0n) is 16.1. The molecule has 0 atom stereocenters. The second-order valence-corrected chi connectivity index (χ2v) is 6.23. The van der Waals surface area contributed by atoms with Crippen molar-refractivity contribution in [3.8, 4) is 11.5 Å².